The first-order valence-electron chi connectivity index (χ1n) is 13.8. The van der Waals surface area contributed by atoms with Crippen LogP contribution in [-0.4, -0.2) is 39.6 Å². The number of hydrogen-bond donors (Lipinski definition) is 2. The van der Waals surface area contributed by atoms with Gasteiger partial charge in [0.2, 0.25) is 0 Å². The smallest absolute Gasteiger partial charge is 0.264 e. The van der Waals surface area contributed by atoms with Crippen LogP contribution >= 0.6 is 11.6 Å². The summed E-state index contributed by atoms with van der Waals surface area (Å²) in [7, 11) is -4.09. The van der Waals surface area contributed by atoms with Gasteiger partial charge in [0.05, 0.1) is 22.8 Å². The summed E-state index contributed by atoms with van der Waals surface area (Å²) in [6, 6.07) is 27.4. The Morgan fingerprint density at radius 3 is 2.27 bits per heavy atom. The SMILES string of the molecule is Cc1ccc(S(=O)(=O)N(CC(=O)N/N=C\c2ccc(OCC(=O)N[C@H](C)c3ccccc3)cc2)c2ccc(C)c(Cl)c2)cc1. The van der Waals surface area contributed by atoms with E-state index in [2.05, 4.69) is 15.8 Å². The van der Waals surface area contributed by atoms with Crippen molar-refractivity contribution in [3.8, 4) is 5.75 Å². The number of halogens is 1. The van der Waals surface area contributed by atoms with Gasteiger partial charge in [-0.1, -0.05) is 65.7 Å². The lowest BCUT2D eigenvalue weighted by molar-refractivity contribution is -0.123. The molecule has 44 heavy (non-hydrogen) atoms. The number of benzene rings is 4. The number of hydrogen-bond acceptors (Lipinski definition) is 6. The quantitative estimate of drug-likeness (QED) is 0.157. The molecule has 4 rings (SSSR count). The number of hydrazone groups is 1. The van der Waals surface area contributed by atoms with Crippen LogP contribution in [0, 0.1) is 13.8 Å². The fraction of sp³-hybridized carbons (Fsp3) is 0.182. The predicted molar refractivity (Wildman–Crippen MR) is 173 cm³/mol. The molecule has 9 nitrogen and oxygen atoms in total. The summed E-state index contributed by atoms with van der Waals surface area (Å²) in [6.07, 6.45) is 1.41. The topological polar surface area (TPSA) is 117 Å². The highest BCUT2D eigenvalue weighted by Crippen LogP contribution is 2.28. The molecule has 0 unspecified atom stereocenters. The molecular formula is C33H33ClN4O5S. The summed E-state index contributed by atoms with van der Waals surface area (Å²) >= 11 is 6.28. The van der Waals surface area contributed by atoms with Crippen molar-refractivity contribution in [3.63, 3.8) is 0 Å². The van der Waals surface area contributed by atoms with Gasteiger partial charge in [0.1, 0.15) is 12.3 Å². The standard InChI is InChI=1S/C33H33ClN4O5S/c1-23-9-17-30(18-10-23)44(41,42)38(28-14-11-24(2)31(34)19-28)21-32(39)37-35-20-26-12-15-29(16-13-26)43-22-33(40)36-25(3)27-7-5-4-6-8-27/h4-20,25H,21-22H2,1-3H3,(H,36,40)(H,37,39)/b35-20-/t25-/m1/s1. The van der Waals surface area contributed by atoms with E-state index in [9.17, 15) is 18.0 Å². The Balaban J connectivity index is 1.35. The fourth-order valence-electron chi connectivity index (χ4n) is 4.14. The molecule has 0 aliphatic carbocycles. The molecule has 11 heteroatoms. The number of ether oxygens (including phenoxy) is 1. The zero-order chi connectivity index (χ0) is 31.7. The van der Waals surface area contributed by atoms with E-state index in [0.29, 0.717) is 16.3 Å². The van der Waals surface area contributed by atoms with Crippen molar-refractivity contribution >= 4 is 45.3 Å². The van der Waals surface area contributed by atoms with Crippen LogP contribution in [0.4, 0.5) is 5.69 Å². The molecule has 0 aliphatic rings. The Morgan fingerprint density at radius 1 is 0.932 bits per heavy atom. The molecule has 0 saturated carbocycles. The molecule has 228 valence electrons. The van der Waals surface area contributed by atoms with Gasteiger partial charge in [-0.05, 0) is 86.0 Å². The number of rotatable bonds is 12. The lowest BCUT2D eigenvalue weighted by Crippen LogP contribution is -2.39. The number of aryl methyl sites for hydroxylation is 2. The van der Waals surface area contributed by atoms with Gasteiger partial charge >= 0.3 is 0 Å². The van der Waals surface area contributed by atoms with E-state index < -0.39 is 22.5 Å². The van der Waals surface area contributed by atoms with Crippen LogP contribution in [0.15, 0.2) is 107 Å². The van der Waals surface area contributed by atoms with Crippen molar-refractivity contribution in [2.45, 2.75) is 31.7 Å². The van der Waals surface area contributed by atoms with Crippen LogP contribution in [0.2, 0.25) is 5.02 Å². The number of sulfonamides is 1. The third-order valence-electron chi connectivity index (χ3n) is 6.67. The third-order valence-corrected chi connectivity index (χ3v) is 8.86. The molecule has 0 aliphatic heterocycles. The first-order chi connectivity index (χ1) is 21.0. The molecule has 0 radical (unpaired) electrons. The highest BCUT2D eigenvalue weighted by molar-refractivity contribution is 7.92. The van der Waals surface area contributed by atoms with Gasteiger partial charge in [0.15, 0.2) is 6.61 Å². The Kier molecular flexibility index (Phi) is 10.8. The molecule has 4 aromatic carbocycles. The normalized spacial score (nSPS) is 12.0. The summed E-state index contributed by atoms with van der Waals surface area (Å²) < 4.78 is 33.7. The molecule has 1 atom stereocenters. The number of amides is 2. The van der Waals surface area contributed by atoms with E-state index >= 15 is 0 Å². The molecule has 4 aromatic rings. The van der Waals surface area contributed by atoms with Crippen molar-refractivity contribution < 1.29 is 22.7 Å². The average Bonchev–Trinajstić information content (AvgIpc) is 3.01. The molecule has 0 aromatic heterocycles. The molecule has 2 N–H and O–H groups in total. The maximum atomic E-state index is 13.5. The second kappa shape index (κ2) is 14.7. The summed E-state index contributed by atoms with van der Waals surface area (Å²) in [6.45, 7) is 4.89. The van der Waals surface area contributed by atoms with Crippen LogP contribution in [0.1, 0.15) is 35.2 Å². The van der Waals surface area contributed by atoms with Crippen molar-refractivity contribution in [2.24, 2.45) is 5.10 Å². The summed E-state index contributed by atoms with van der Waals surface area (Å²) in [5, 5.41) is 7.24. The van der Waals surface area contributed by atoms with Gasteiger partial charge in [-0.2, -0.15) is 5.10 Å². The molecule has 2 amide bonds. The lowest BCUT2D eigenvalue weighted by Gasteiger charge is -2.24. The minimum absolute atomic E-state index is 0.0431. The van der Waals surface area contributed by atoms with Gasteiger partial charge < -0.3 is 10.1 Å². The van der Waals surface area contributed by atoms with E-state index in [1.165, 1.54) is 24.4 Å². The predicted octanol–water partition coefficient (Wildman–Crippen LogP) is 5.56. The molecular weight excluding hydrogens is 600 g/mol. The van der Waals surface area contributed by atoms with Crippen LogP contribution in [0.25, 0.3) is 0 Å². The minimum atomic E-state index is -4.09. The van der Waals surface area contributed by atoms with Crippen LogP contribution in [-0.2, 0) is 19.6 Å². The minimum Gasteiger partial charge on any atom is -0.484 e. The van der Waals surface area contributed by atoms with E-state index in [1.807, 2.05) is 44.2 Å². The second-order valence-electron chi connectivity index (χ2n) is 10.1. The van der Waals surface area contributed by atoms with Crippen molar-refractivity contribution in [1.29, 1.82) is 0 Å². The molecule has 0 fully saturated rings. The zero-order valence-electron chi connectivity index (χ0n) is 24.5. The summed E-state index contributed by atoms with van der Waals surface area (Å²) in [5.74, 6) is -0.409. The second-order valence-corrected chi connectivity index (χ2v) is 12.4. The van der Waals surface area contributed by atoms with Crippen molar-refractivity contribution in [2.75, 3.05) is 17.5 Å². The highest BCUT2D eigenvalue weighted by atomic mass is 35.5. The third kappa shape index (κ3) is 8.68. The monoisotopic (exact) mass is 632 g/mol. The maximum Gasteiger partial charge on any atom is 0.264 e. The van der Waals surface area contributed by atoms with Crippen molar-refractivity contribution in [3.05, 3.63) is 124 Å². The van der Waals surface area contributed by atoms with E-state index in [1.54, 1.807) is 55.5 Å². The van der Waals surface area contributed by atoms with Gasteiger partial charge in [0.25, 0.3) is 21.8 Å². The molecule has 0 saturated heterocycles. The highest BCUT2D eigenvalue weighted by Gasteiger charge is 2.27. The Hall–Kier alpha value is -4.67. The number of anilines is 1. The van der Waals surface area contributed by atoms with Gasteiger partial charge in [-0.25, -0.2) is 13.8 Å². The fourth-order valence-corrected chi connectivity index (χ4v) is 5.73. The molecule has 0 heterocycles. The maximum absolute atomic E-state index is 13.5. The number of nitrogens with zero attached hydrogens (tertiary/aromatic N) is 2. The van der Waals surface area contributed by atoms with Gasteiger partial charge in [-0.3, -0.25) is 13.9 Å². The van der Waals surface area contributed by atoms with Gasteiger partial charge in [-0.15, -0.1) is 0 Å². The van der Waals surface area contributed by atoms with Crippen molar-refractivity contribution in [1.82, 2.24) is 10.7 Å². The first-order valence-corrected chi connectivity index (χ1v) is 15.6. The Labute approximate surface area is 262 Å². The van der Waals surface area contributed by atoms with E-state index in [4.69, 9.17) is 16.3 Å². The number of carbonyl (C=O) groups is 2. The number of carbonyl (C=O) groups excluding carboxylic acids is 2. The average molecular weight is 633 g/mol. The zero-order valence-corrected chi connectivity index (χ0v) is 26.1. The lowest BCUT2D eigenvalue weighted by atomic mass is 10.1. The van der Waals surface area contributed by atoms with E-state index in [-0.39, 0.29) is 29.1 Å². The van der Waals surface area contributed by atoms with E-state index in [0.717, 1.165) is 21.0 Å². The van der Waals surface area contributed by atoms with Crippen LogP contribution in [0.3, 0.4) is 0 Å². The molecule has 0 bridgehead atoms. The largest absolute Gasteiger partial charge is 0.484 e. The van der Waals surface area contributed by atoms with Crippen LogP contribution in [0.5, 0.6) is 5.75 Å². The summed E-state index contributed by atoms with van der Waals surface area (Å²) in [4.78, 5) is 25.2. The summed E-state index contributed by atoms with van der Waals surface area (Å²) in [5.41, 5.74) is 5.95. The van der Waals surface area contributed by atoms with Crippen LogP contribution < -0.4 is 19.8 Å². The Morgan fingerprint density at radius 2 is 1.61 bits per heavy atom. The number of nitrogens with one attached hydrogen (secondary N) is 2. The van der Waals surface area contributed by atoms with Gasteiger partial charge in [0, 0.05) is 5.02 Å². The Bertz CT molecular complexity index is 1730. The molecule has 0 spiro atoms. The first kappa shape index (κ1) is 32.2.